The maximum absolute atomic E-state index is 13.2. The maximum atomic E-state index is 13.2. The van der Waals surface area contributed by atoms with E-state index >= 15 is 0 Å². The van der Waals surface area contributed by atoms with Crippen molar-refractivity contribution < 1.29 is 19.7 Å². The van der Waals surface area contributed by atoms with Crippen molar-refractivity contribution in [2.45, 2.75) is 12.2 Å². The van der Waals surface area contributed by atoms with Gasteiger partial charge in [0.05, 0.1) is 6.10 Å². The summed E-state index contributed by atoms with van der Waals surface area (Å²) in [6, 6.07) is 3.85. The number of benzene rings is 1. The first-order chi connectivity index (χ1) is 6.57. The maximum Gasteiger partial charge on any atom is 0.170 e. The van der Waals surface area contributed by atoms with E-state index in [1.165, 1.54) is 18.2 Å². The van der Waals surface area contributed by atoms with E-state index in [0.29, 0.717) is 0 Å². The second-order valence-corrected chi connectivity index (χ2v) is 3.24. The number of aromatic hydroxyl groups is 1. The number of phenolic OH excluding ortho intramolecular Hbond substituents is 1. The molecule has 2 atom stereocenters. The van der Waals surface area contributed by atoms with Gasteiger partial charge in [-0.05, 0) is 6.07 Å². The number of phenols is 1. The van der Waals surface area contributed by atoms with E-state index < -0.39 is 23.8 Å². The van der Waals surface area contributed by atoms with Gasteiger partial charge < -0.3 is 15.3 Å². The van der Waals surface area contributed by atoms with Gasteiger partial charge in [0.2, 0.25) is 0 Å². The molecule has 0 saturated heterocycles. The number of halogens is 1. The van der Waals surface area contributed by atoms with Crippen LogP contribution >= 0.6 is 12.6 Å². The van der Waals surface area contributed by atoms with E-state index in [9.17, 15) is 14.6 Å². The summed E-state index contributed by atoms with van der Waals surface area (Å²) in [5.41, 5.74) is -0.133. The lowest BCUT2D eigenvalue weighted by molar-refractivity contribution is 0.0312. The normalized spacial score (nSPS) is 15.1. The molecule has 0 aliphatic heterocycles. The average molecular weight is 218 g/mol. The Morgan fingerprint density at radius 2 is 2.00 bits per heavy atom. The van der Waals surface area contributed by atoms with Crippen molar-refractivity contribution in [1.29, 1.82) is 0 Å². The number of hydrogen-bond acceptors (Lipinski definition) is 4. The minimum absolute atomic E-state index is 0.0102. The number of thiol groups is 1. The molecule has 3 N–H and O–H groups in total. The molecular weight excluding hydrogens is 207 g/mol. The Hall–Kier alpha value is -0.780. The number of rotatable bonds is 3. The SMILES string of the molecule is Oc1cccc(C(O)C(O)CS)c1F. The van der Waals surface area contributed by atoms with Gasteiger partial charge in [-0.2, -0.15) is 12.6 Å². The molecule has 0 heterocycles. The third kappa shape index (κ3) is 2.17. The van der Waals surface area contributed by atoms with Crippen LogP contribution in [0.5, 0.6) is 5.75 Å². The summed E-state index contributed by atoms with van der Waals surface area (Å²) in [5.74, 6) is -1.45. The van der Waals surface area contributed by atoms with Crippen molar-refractivity contribution in [3.63, 3.8) is 0 Å². The molecule has 1 rings (SSSR count). The van der Waals surface area contributed by atoms with Crippen molar-refractivity contribution in [2.75, 3.05) is 5.75 Å². The quantitative estimate of drug-likeness (QED) is 0.569. The van der Waals surface area contributed by atoms with Crippen LogP contribution in [-0.4, -0.2) is 27.2 Å². The molecule has 3 nitrogen and oxygen atoms in total. The van der Waals surface area contributed by atoms with Gasteiger partial charge >= 0.3 is 0 Å². The van der Waals surface area contributed by atoms with Crippen LogP contribution in [-0.2, 0) is 0 Å². The summed E-state index contributed by atoms with van der Waals surface area (Å²) in [6.07, 6.45) is -2.53. The minimum Gasteiger partial charge on any atom is -0.505 e. The zero-order chi connectivity index (χ0) is 10.7. The Morgan fingerprint density at radius 1 is 1.36 bits per heavy atom. The molecule has 0 aromatic heterocycles. The third-order valence-corrected chi connectivity index (χ3v) is 2.25. The first-order valence-corrected chi connectivity index (χ1v) is 4.65. The molecule has 14 heavy (non-hydrogen) atoms. The lowest BCUT2D eigenvalue weighted by Gasteiger charge is -2.16. The van der Waals surface area contributed by atoms with E-state index in [1.54, 1.807) is 0 Å². The largest absolute Gasteiger partial charge is 0.505 e. The highest BCUT2D eigenvalue weighted by atomic mass is 32.1. The van der Waals surface area contributed by atoms with Crippen molar-refractivity contribution in [2.24, 2.45) is 0 Å². The summed E-state index contributed by atoms with van der Waals surface area (Å²) in [6.45, 7) is 0. The number of aliphatic hydroxyl groups is 2. The predicted molar refractivity (Wildman–Crippen MR) is 52.9 cm³/mol. The van der Waals surface area contributed by atoms with Gasteiger partial charge in [-0.15, -0.1) is 0 Å². The molecule has 2 unspecified atom stereocenters. The fraction of sp³-hybridized carbons (Fsp3) is 0.333. The van der Waals surface area contributed by atoms with Gasteiger partial charge in [0.25, 0.3) is 0 Å². The van der Waals surface area contributed by atoms with Crippen molar-refractivity contribution in [3.05, 3.63) is 29.6 Å². The molecule has 0 saturated carbocycles. The van der Waals surface area contributed by atoms with Crippen LogP contribution in [0.1, 0.15) is 11.7 Å². The van der Waals surface area contributed by atoms with E-state index in [2.05, 4.69) is 12.6 Å². The molecule has 0 aliphatic carbocycles. The highest BCUT2D eigenvalue weighted by molar-refractivity contribution is 7.80. The summed E-state index contributed by atoms with van der Waals surface area (Å²) in [5, 5.41) is 27.7. The molecule has 0 aliphatic rings. The highest BCUT2D eigenvalue weighted by Gasteiger charge is 2.21. The molecule has 78 valence electrons. The smallest absolute Gasteiger partial charge is 0.170 e. The molecule has 0 fully saturated rings. The molecule has 1 aromatic carbocycles. The zero-order valence-corrected chi connectivity index (χ0v) is 8.16. The molecule has 5 heteroatoms. The lowest BCUT2D eigenvalue weighted by atomic mass is 10.0. The van der Waals surface area contributed by atoms with Gasteiger partial charge in [0, 0.05) is 11.3 Å². The molecule has 0 spiro atoms. The standard InChI is InChI=1S/C9H11FO3S/c10-8-5(2-1-3-6(8)11)9(13)7(12)4-14/h1-3,7,9,11-14H,4H2. The Bertz CT molecular complexity index is 319. The molecule has 0 bridgehead atoms. The Balaban J connectivity index is 3.01. The monoisotopic (exact) mass is 218 g/mol. The van der Waals surface area contributed by atoms with Crippen LogP contribution in [0.15, 0.2) is 18.2 Å². The van der Waals surface area contributed by atoms with Crippen LogP contribution in [0, 0.1) is 5.82 Å². The van der Waals surface area contributed by atoms with Crippen LogP contribution in [0.4, 0.5) is 4.39 Å². The van der Waals surface area contributed by atoms with Crippen LogP contribution < -0.4 is 0 Å². The van der Waals surface area contributed by atoms with Gasteiger partial charge in [0.1, 0.15) is 6.10 Å². The summed E-state index contributed by atoms with van der Waals surface area (Å²) < 4.78 is 13.2. The van der Waals surface area contributed by atoms with Gasteiger partial charge in [0.15, 0.2) is 11.6 Å². The van der Waals surface area contributed by atoms with E-state index in [1.807, 2.05) is 0 Å². The first-order valence-electron chi connectivity index (χ1n) is 4.02. The number of hydrogen-bond donors (Lipinski definition) is 4. The van der Waals surface area contributed by atoms with Gasteiger partial charge in [-0.1, -0.05) is 12.1 Å². The van der Waals surface area contributed by atoms with Crippen molar-refractivity contribution in [3.8, 4) is 5.75 Å². The second kappa shape index (κ2) is 4.63. The lowest BCUT2D eigenvalue weighted by Crippen LogP contribution is -2.20. The van der Waals surface area contributed by atoms with Crippen molar-refractivity contribution >= 4 is 12.6 Å². The van der Waals surface area contributed by atoms with Gasteiger partial charge in [-0.25, -0.2) is 4.39 Å². The van der Waals surface area contributed by atoms with E-state index in [-0.39, 0.29) is 11.3 Å². The fourth-order valence-corrected chi connectivity index (χ4v) is 1.27. The summed E-state index contributed by atoms with van der Waals surface area (Å²) in [7, 11) is 0. The third-order valence-electron chi connectivity index (χ3n) is 1.88. The van der Waals surface area contributed by atoms with Crippen LogP contribution in [0.3, 0.4) is 0 Å². The summed E-state index contributed by atoms with van der Waals surface area (Å²) in [4.78, 5) is 0. The Morgan fingerprint density at radius 3 is 2.57 bits per heavy atom. The Kier molecular flexibility index (Phi) is 3.74. The molecule has 1 aromatic rings. The fourth-order valence-electron chi connectivity index (χ4n) is 1.07. The van der Waals surface area contributed by atoms with Gasteiger partial charge in [-0.3, -0.25) is 0 Å². The number of aliphatic hydroxyl groups excluding tert-OH is 2. The van der Waals surface area contributed by atoms with Crippen molar-refractivity contribution in [1.82, 2.24) is 0 Å². The predicted octanol–water partition coefficient (Wildman–Crippen LogP) is 0.855. The minimum atomic E-state index is -1.38. The summed E-state index contributed by atoms with van der Waals surface area (Å²) >= 11 is 3.77. The Labute approximate surface area is 86.2 Å². The topological polar surface area (TPSA) is 60.7 Å². The zero-order valence-electron chi connectivity index (χ0n) is 7.26. The molecule has 0 amide bonds. The van der Waals surface area contributed by atoms with Crippen LogP contribution in [0.2, 0.25) is 0 Å². The second-order valence-electron chi connectivity index (χ2n) is 2.88. The molecular formula is C9H11FO3S. The van der Waals surface area contributed by atoms with Crippen LogP contribution in [0.25, 0.3) is 0 Å². The highest BCUT2D eigenvalue weighted by Crippen LogP contribution is 2.26. The first kappa shape index (κ1) is 11.3. The molecule has 0 radical (unpaired) electrons. The van der Waals surface area contributed by atoms with E-state index in [4.69, 9.17) is 5.11 Å². The van der Waals surface area contributed by atoms with E-state index in [0.717, 1.165) is 0 Å². The average Bonchev–Trinajstić information content (AvgIpc) is 2.20.